The second-order valence-electron chi connectivity index (χ2n) is 10.4. The van der Waals surface area contributed by atoms with Gasteiger partial charge in [0.1, 0.15) is 6.10 Å². The lowest BCUT2D eigenvalue weighted by Gasteiger charge is -2.31. The van der Waals surface area contributed by atoms with E-state index in [1.54, 1.807) is 0 Å². The second-order valence-corrected chi connectivity index (χ2v) is 11.2. The second kappa shape index (κ2) is 25.4. The van der Waals surface area contributed by atoms with Gasteiger partial charge in [-0.1, -0.05) is 132 Å². The Bertz CT molecular complexity index is 463. The summed E-state index contributed by atoms with van der Waals surface area (Å²) in [6.45, 7) is 3.78. The predicted molar refractivity (Wildman–Crippen MR) is 153 cm³/mol. The molecule has 1 saturated heterocycles. The average molecular weight is 560 g/mol. The van der Waals surface area contributed by atoms with Crippen LogP contribution in [0.2, 0.25) is 0 Å². The highest BCUT2D eigenvalue weighted by Crippen LogP contribution is 2.22. The van der Waals surface area contributed by atoms with E-state index < -0.39 is 0 Å². The molecule has 0 aliphatic carbocycles. The van der Waals surface area contributed by atoms with Crippen molar-refractivity contribution in [3.63, 3.8) is 0 Å². The Labute approximate surface area is 226 Å². The molecule has 0 spiro atoms. The lowest BCUT2D eigenvalue weighted by molar-refractivity contribution is -0.0778. The van der Waals surface area contributed by atoms with Crippen LogP contribution in [0, 0.1) is 6.42 Å². The third-order valence-electron chi connectivity index (χ3n) is 7.13. The number of amides is 1. The summed E-state index contributed by atoms with van der Waals surface area (Å²) in [7, 11) is 0. The van der Waals surface area contributed by atoms with Crippen LogP contribution in [0.3, 0.4) is 0 Å². The number of alkyl halides is 1. The van der Waals surface area contributed by atoms with Crippen molar-refractivity contribution in [1.29, 1.82) is 0 Å². The maximum Gasteiger partial charge on any atom is 0.407 e. The van der Waals surface area contributed by atoms with Crippen LogP contribution in [0.25, 0.3) is 0 Å². The monoisotopic (exact) mass is 558 g/mol. The molecule has 1 rings (SSSR count). The maximum atomic E-state index is 12.2. The van der Waals surface area contributed by atoms with E-state index in [0.29, 0.717) is 0 Å². The largest absolute Gasteiger partial charge is 0.443 e. The lowest BCUT2D eigenvalue weighted by Crippen LogP contribution is -2.40. The fourth-order valence-electron chi connectivity index (χ4n) is 4.88. The molecule has 1 aliphatic heterocycles. The zero-order valence-electron chi connectivity index (χ0n) is 23.0. The minimum atomic E-state index is -0.270. The van der Waals surface area contributed by atoms with Crippen LogP contribution in [-0.2, 0) is 9.47 Å². The Morgan fingerprint density at radius 1 is 0.857 bits per heavy atom. The zero-order chi connectivity index (χ0) is 25.2. The molecule has 35 heavy (non-hydrogen) atoms. The number of carbonyl (C=O) groups is 1. The number of alkyl carbamates (subject to hydrolysis) is 1. The molecule has 1 radical (unpaired) electrons. The van der Waals surface area contributed by atoms with Crippen molar-refractivity contribution in [3.05, 3.63) is 6.42 Å². The van der Waals surface area contributed by atoms with Crippen LogP contribution in [0.1, 0.15) is 148 Å². The first-order valence-corrected chi connectivity index (χ1v) is 16.3. The summed E-state index contributed by atoms with van der Waals surface area (Å²) < 4.78 is 11.6. The standard InChI is InChI=1S/C30H57BrNO3/c1-2-3-4-5-6-7-8-9-10-11-12-13-14-18-21-26-32-30(33)35-29-24-22-27-34-28(29)23-19-16-15-17-20-25-31/h19,28-29H,2-18,20-27H2,1H3,(H,32,33)/t28-,29+/m0/s1. The van der Waals surface area contributed by atoms with E-state index in [-0.39, 0.29) is 18.3 Å². The Balaban J connectivity index is 1.91. The van der Waals surface area contributed by atoms with Crippen molar-refractivity contribution in [2.24, 2.45) is 0 Å². The van der Waals surface area contributed by atoms with Crippen LogP contribution in [0.4, 0.5) is 4.79 Å². The Morgan fingerprint density at radius 3 is 2.03 bits per heavy atom. The molecule has 1 fully saturated rings. The van der Waals surface area contributed by atoms with Crippen LogP contribution in [0.15, 0.2) is 0 Å². The van der Waals surface area contributed by atoms with Crippen molar-refractivity contribution >= 4 is 22.0 Å². The summed E-state index contributed by atoms with van der Waals surface area (Å²) in [5.41, 5.74) is 0. The van der Waals surface area contributed by atoms with Crippen LogP contribution in [-0.4, -0.2) is 36.8 Å². The molecule has 2 atom stereocenters. The molecule has 207 valence electrons. The number of halogens is 1. The van der Waals surface area contributed by atoms with Gasteiger partial charge in [-0.3, -0.25) is 0 Å². The summed E-state index contributed by atoms with van der Waals surface area (Å²) in [6, 6.07) is 0. The minimum Gasteiger partial charge on any atom is -0.443 e. The van der Waals surface area contributed by atoms with Crippen molar-refractivity contribution in [1.82, 2.24) is 5.32 Å². The number of ether oxygens (including phenoxy) is 2. The number of nitrogens with one attached hydrogen (secondary N) is 1. The number of hydrogen-bond donors (Lipinski definition) is 1. The summed E-state index contributed by atoms with van der Waals surface area (Å²) in [4.78, 5) is 12.2. The summed E-state index contributed by atoms with van der Waals surface area (Å²) in [5, 5.41) is 4.04. The van der Waals surface area contributed by atoms with E-state index in [1.807, 2.05) is 0 Å². The van der Waals surface area contributed by atoms with E-state index in [2.05, 4.69) is 34.6 Å². The Kier molecular flexibility index (Phi) is 23.7. The first-order valence-electron chi connectivity index (χ1n) is 15.2. The highest BCUT2D eigenvalue weighted by molar-refractivity contribution is 9.09. The van der Waals surface area contributed by atoms with Gasteiger partial charge in [0.05, 0.1) is 6.10 Å². The Morgan fingerprint density at radius 2 is 1.43 bits per heavy atom. The van der Waals surface area contributed by atoms with E-state index in [9.17, 15) is 4.79 Å². The molecule has 0 saturated carbocycles. The van der Waals surface area contributed by atoms with E-state index in [0.717, 1.165) is 50.6 Å². The molecule has 0 aromatic rings. The van der Waals surface area contributed by atoms with E-state index in [4.69, 9.17) is 9.47 Å². The van der Waals surface area contributed by atoms with Gasteiger partial charge in [0.15, 0.2) is 0 Å². The molecule has 0 aromatic heterocycles. The van der Waals surface area contributed by atoms with Crippen molar-refractivity contribution in [3.8, 4) is 0 Å². The third kappa shape index (κ3) is 20.5. The predicted octanol–water partition coefficient (Wildman–Crippen LogP) is 9.68. The topological polar surface area (TPSA) is 47.6 Å². The quantitative estimate of drug-likeness (QED) is 0.0946. The lowest BCUT2D eigenvalue weighted by atomic mass is 9.99. The number of unbranched alkanes of at least 4 members (excludes halogenated alkanes) is 18. The Hall–Kier alpha value is -0.290. The van der Waals surface area contributed by atoms with Gasteiger partial charge >= 0.3 is 6.09 Å². The van der Waals surface area contributed by atoms with Gasteiger partial charge in [-0.15, -0.1) is 0 Å². The fraction of sp³-hybridized carbons (Fsp3) is 0.933. The van der Waals surface area contributed by atoms with Crippen molar-refractivity contribution < 1.29 is 14.3 Å². The van der Waals surface area contributed by atoms with E-state index >= 15 is 0 Å². The molecule has 0 aromatic carbocycles. The molecular formula is C30H57BrNO3. The minimum absolute atomic E-state index is 0.0245. The normalized spacial score (nSPS) is 18.0. The van der Waals surface area contributed by atoms with E-state index in [1.165, 1.54) is 109 Å². The molecule has 0 unspecified atom stereocenters. The SMILES string of the molecule is CCCCCCCCCCCCCCCCCNC(=O)O[C@@H]1CCCO[C@H]1C[CH]CCCCCBr. The number of rotatable bonds is 24. The molecule has 0 bridgehead atoms. The third-order valence-corrected chi connectivity index (χ3v) is 7.69. The smallest absolute Gasteiger partial charge is 0.407 e. The van der Waals surface area contributed by atoms with Crippen LogP contribution in [0.5, 0.6) is 0 Å². The maximum absolute atomic E-state index is 12.2. The number of hydrogen-bond acceptors (Lipinski definition) is 3. The summed E-state index contributed by atoms with van der Waals surface area (Å²) in [5.74, 6) is 0. The zero-order valence-corrected chi connectivity index (χ0v) is 24.6. The van der Waals surface area contributed by atoms with Gasteiger partial charge in [-0.2, -0.15) is 0 Å². The van der Waals surface area contributed by atoms with Crippen molar-refractivity contribution in [2.45, 2.75) is 160 Å². The number of carbonyl (C=O) groups excluding carboxylic acids is 1. The van der Waals surface area contributed by atoms with Crippen LogP contribution < -0.4 is 5.32 Å². The molecule has 1 aliphatic rings. The molecular weight excluding hydrogens is 502 g/mol. The average Bonchev–Trinajstić information content (AvgIpc) is 2.86. The van der Waals surface area contributed by atoms with Gasteiger partial charge in [0.25, 0.3) is 0 Å². The van der Waals surface area contributed by atoms with Gasteiger partial charge in [0.2, 0.25) is 0 Å². The highest BCUT2D eigenvalue weighted by Gasteiger charge is 2.28. The first-order chi connectivity index (χ1) is 17.3. The van der Waals surface area contributed by atoms with Gasteiger partial charge < -0.3 is 14.8 Å². The molecule has 5 heteroatoms. The highest BCUT2D eigenvalue weighted by atomic mass is 79.9. The summed E-state index contributed by atoms with van der Waals surface area (Å²) >= 11 is 3.48. The molecule has 1 N–H and O–H groups in total. The van der Waals surface area contributed by atoms with Gasteiger partial charge in [0, 0.05) is 18.5 Å². The molecule has 4 nitrogen and oxygen atoms in total. The van der Waals surface area contributed by atoms with Gasteiger partial charge in [-0.05, 0) is 38.5 Å². The fourth-order valence-corrected chi connectivity index (χ4v) is 5.27. The first kappa shape index (κ1) is 32.7. The molecule has 1 heterocycles. The van der Waals surface area contributed by atoms with Crippen LogP contribution >= 0.6 is 15.9 Å². The summed E-state index contributed by atoms with van der Waals surface area (Å²) in [6.07, 6.45) is 29.9. The van der Waals surface area contributed by atoms with Crippen molar-refractivity contribution in [2.75, 3.05) is 18.5 Å². The van der Waals surface area contributed by atoms with Gasteiger partial charge in [-0.25, -0.2) is 4.79 Å². The molecule has 1 amide bonds.